The highest BCUT2D eigenvalue weighted by atomic mass is 16.5. The molecule has 1 atom stereocenters. The predicted molar refractivity (Wildman–Crippen MR) is 86.6 cm³/mol. The minimum Gasteiger partial charge on any atom is -0.497 e. The molecule has 0 amide bonds. The number of hydrogen-bond acceptors (Lipinski definition) is 3. The van der Waals surface area contributed by atoms with Crippen LogP contribution < -0.4 is 10.5 Å². The maximum Gasteiger partial charge on any atom is 0.201 e. The van der Waals surface area contributed by atoms with Crippen LogP contribution in [0.25, 0.3) is 11.0 Å². The lowest BCUT2D eigenvalue weighted by atomic mass is 9.82. The topological polar surface area (TPSA) is 53.1 Å². The van der Waals surface area contributed by atoms with Crippen molar-refractivity contribution < 1.29 is 4.74 Å². The molecular formula is C17H25N3O. The lowest BCUT2D eigenvalue weighted by molar-refractivity contribution is 0.249. The Morgan fingerprint density at radius 2 is 2.10 bits per heavy atom. The van der Waals surface area contributed by atoms with Crippen LogP contribution in [0.2, 0.25) is 0 Å². The van der Waals surface area contributed by atoms with Crippen LogP contribution in [0.1, 0.15) is 51.5 Å². The zero-order chi connectivity index (χ0) is 14.8. The maximum atomic E-state index is 6.24. The third-order valence-electron chi connectivity index (χ3n) is 4.87. The molecule has 1 heterocycles. The number of imidazole rings is 1. The largest absolute Gasteiger partial charge is 0.497 e. The second-order valence-electron chi connectivity index (χ2n) is 6.07. The number of rotatable bonds is 4. The molecule has 114 valence electrons. The fourth-order valence-corrected chi connectivity index (χ4v) is 3.82. The zero-order valence-electron chi connectivity index (χ0n) is 13.0. The fraction of sp³-hybridized carbons (Fsp3) is 0.588. The van der Waals surface area contributed by atoms with Gasteiger partial charge in [-0.2, -0.15) is 0 Å². The minimum atomic E-state index is 0.462. The van der Waals surface area contributed by atoms with Gasteiger partial charge in [-0.3, -0.25) is 0 Å². The summed E-state index contributed by atoms with van der Waals surface area (Å²) in [5, 5.41) is 0. The van der Waals surface area contributed by atoms with Crippen LogP contribution >= 0.6 is 0 Å². The summed E-state index contributed by atoms with van der Waals surface area (Å²) in [5.41, 5.74) is 8.30. The maximum absolute atomic E-state index is 6.24. The van der Waals surface area contributed by atoms with Crippen molar-refractivity contribution in [3.63, 3.8) is 0 Å². The average Bonchev–Trinajstić information content (AvgIpc) is 2.85. The third kappa shape index (κ3) is 2.59. The van der Waals surface area contributed by atoms with Crippen molar-refractivity contribution in [1.29, 1.82) is 0 Å². The number of nitrogen functional groups attached to an aromatic ring is 1. The molecule has 4 heteroatoms. The molecule has 2 N–H and O–H groups in total. The van der Waals surface area contributed by atoms with Crippen LogP contribution in [0.5, 0.6) is 5.75 Å². The normalized spacial score (nSPS) is 18.0. The van der Waals surface area contributed by atoms with E-state index in [4.69, 9.17) is 10.5 Å². The Labute approximate surface area is 126 Å². The minimum absolute atomic E-state index is 0.462. The molecule has 1 fully saturated rings. The lowest BCUT2D eigenvalue weighted by Gasteiger charge is -2.31. The summed E-state index contributed by atoms with van der Waals surface area (Å²) < 4.78 is 7.54. The SMILES string of the molecule is CCC(C1CCCCC1)n1c(N)nc2cc(OC)ccc21. The van der Waals surface area contributed by atoms with Gasteiger partial charge in [0, 0.05) is 12.1 Å². The highest BCUT2D eigenvalue weighted by Crippen LogP contribution is 2.38. The van der Waals surface area contributed by atoms with E-state index in [1.54, 1.807) is 7.11 Å². The number of methoxy groups -OCH3 is 1. The van der Waals surface area contributed by atoms with Crippen molar-refractivity contribution in [2.45, 2.75) is 51.5 Å². The summed E-state index contributed by atoms with van der Waals surface area (Å²) in [6, 6.07) is 6.51. The Hall–Kier alpha value is -1.71. The van der Waals surface area contributed by atoms with Crippen molar-refractivity contribution in [3.8, 4) is 5.75 Å². The molecule has 2 aromatic rings. The lowest BCUT2D eigenvalue weighted by Crippen LogP contribution is -2.22. The van der Waals surface area contributed by atoms with Gasteiger partial charge < -0.3 is 15.0 Å². The van der Waals surface area contributed by atoms with Crippen LogP contribution in [-0.4, -0.2) is 16.7 Å². The number of nitrogens with two attached hydrogens (primary N) is 1. The molecule has 0 spiro atoms. The number of aromatic nitrogens is 2. The Morgan fingerprint density at radius 1 is 1.33 bits per heavy atom. The van der Waals surface area contributed by atoms with Gasteiger partial charge in [0.05, 0.1) is 18.1 Å². The summed E-state index contributed by atoms with van der Waals surface area (Å²) >= 11 is 0. The van der Waals surface area contributed by atoms with E-state index in [1.807, 2.05) is 12.1 Å². The number of nitrogens with zero attached hydrogens (tertiary/aromatic N) is 2. The first-order chi connectivity index (χ1) is 10.2. The molecule has 0 bridgehead atoms. The molecule has 0 saturated heterocycles. The smallest absolute Gasteiger partial charge is 0.201 e. The van der Waals surface area contributed by atoms with Crippen LogP contribution in [0.4, 0.5) is 5.95 Å². The fourth-order valence-electron chi connectivity index (χ4n) is 3.82. The Morgan fingerprint density at radius 3 is 2.76 bits per heavy atom. The first-order valence-electron chi connectivity index (χ1n) is 8.06. The number of ether oxygens (including phenoxy) is 1. The second-order valence-corrected chi connectivity index (χ2v) is 6.07. The van der Waals surface area contributed by atoms with Gasteiger partial charge in [-0.25, -0.2) is 4.98 Å². The van der Waals surface area contributed by atoms with E-state index in [0.29, 0.717) is 12.0 Å². The van der Waals surface area contributed by atoms with Gasteiger partial charge >= 0.3 is 0 Å². The van der Waals surface area contributed by atoms with Crippen molar-refractivity contribution in [2.24, 2.45) is 5.92 Å². The Kier molecular flexibility index (Phi) is 4.04. The van der Waals surface area contributed by atoms with Gasteiger partial charge in [0.25, 0.3) is 0 Å². The standard InChI is InChI=1S/C17H25N3O/c1-3-15(12-7-5-4-6-8-12)20-16-10-9-13(21-2)11-14(16)19-17(20)18/h9-12,15H,3-8H2,1-2H3,(H2,18,19). The van der Waals surface area contributed by atoms with Crippen LogP contribution in [0.3, 0.4) is 0 Å². The molecule has 1 unspecified atom stereocenters. The van der Waals surface area contributed by atoms with Gasteiger partial charge in [0.1, 0.15) is 5.75 Å². The molecule has 21 heavy (non-hydrogen) atoms. The van der Waals surface area contributed by atoms with Gasteiger partial charge in [-0.05, 0) is 37.3 Å². The molecule has 1 aliphatic carbocycles. The van der Waals surface area contributed by atoms with Crippen molar-refractivity contribution in [1.82, 2.24) is 9.55 Å². The Balaban J connectivity index is 2.02. The van der Waals surface area contributed by atoms with Gasteiger partial charge in [0.15, 0.2) is 0 Å². The summed E-state index contributed by atoms with van der Waals surface area (Å²) in [6.45, 7) is 2.26. The van der Waals surface area contributed by atoms with E-state index in [-0.39, 0.29) is 0 Å². The van der Waals surface area contributed by atoms with Gasteiger partial charge in [-0.1, -0.05) is 26.2 Å². The van der Waals surface area contributed by atoms with E-state index in [0.717, 1.165) is 29.1 Å². The molecule has 3 rings (SSSR count). The van der Waals surface area contributed by atoms with Crippen molar-refractivity contribution in [2.75, 3.05) is 12.8 Å². The molecule has 1 aromatic heterocycles. The van der Waals surface area contributed by atoms with E-state index in [2.05, 4.69) is 22.5 Å². The third-order valence-corrected chi connectivity index (χ3v) is 4.87. The molecular weight excluding hydrogens is 262 g/mol. The quantitative estimate of drug-likeness (QED) is 0.918. The van der Waals surface area contributed by atoms with E-state index < -0.39 is 0 Å². The molecule has 4 nitrogen and oxygen atoms in total. The molecule has 1 aromatic carbocycles. The van der Waals surface area contributed by atoms with E-state index >= 15 is 0 Å². The van der Waals surface area contributed by atoms with Crippen molar-refractivity contribution in [3.05, 3.63) is 18.2 Å². The predicted octanol–water partition coefficient (Wildman–Crippen LogP) is 4.16. The zero-order valence-corrected chi connectivity index (χ0v) is 13.0. The average molecular weight is 287 g/mol. The summed E-state index contributed by atoms with van der Waals surface area (Å²) in [7, 11) is 1.68. The van der Waals surface area contributed by atoms with Crippen LogP contribution in [-0.2, 0) is 0 Å². The molecule has 0 aliphatic heterocycles. The molecule has 0 radical (unpaired) electrons. The number of hydrogen-bond donors (Lipinski definition) is 1. The molecule has 1 saturated carbocycles. The Bertz CT molecular complexity index is 614. The highest BCUT2D eigenvalue weighted by Gasteiger charge is 2.26. The summed E-state index contributed by atoms with van der Waals surface area (Å²) in [5.74, 6) is 2.19. The van der Waals surface area contributed by atoms with Crippen LogP contribution in [0, 0.1) is 5.92 Å². The van der Waals surface area contributed by atoms with E-state index in [1.165, 1.54) is 32.1 Å². The number of fused-ring (bicyclic) bond motifs is 1. The van der Waals surface area contributed by atoms with Crippen molar-refractivity contribution >= 4 is 17.0 Å². The summed E-state index contributed by atoms with van der Waals surface area (Å²) in [6.07, 6.45) is 7.81. The van der Waals surface area contributed by atoms with Crippen LogP contribution in [0.15, 0.2) is 18.2 Å². The number of benzene rings is 1. The highest BCUT2D eigenvalue weighted by molar-refractivity contribution is 5.80. The number of anilines is 1. The molecule has 1 aliphatic rings. The van der Waals surface area contributed by atoms with Gasteiger partial charge in [0.2, 0.25) is 5.95 Å². The van der Waals surface area contributed by atoms with Gasteiger partial charge in [-0.15, -0.1) is 0 Å². The monoisotopic (exact) mass is 287 g/mol. The first-order valence-corrected chi connectivity index (χ1v) is 8.06. The second kappa shape index (κ2) is 5.96. The first kappa shape index (κ1) is 14.2. The van der Waals surface area contributed by atoms with E-state index in [9.17, 15) is 0 Å². The summed E-state index contributed by atoms with van der Waals surface area (Å²) in [4.78, 5) is 4.55.